The van der Waals surface area contributed by atoms with Gasteiger partial charge in [-0.15, -0.1) is 0 Å². The van der Waals surface area contributed by atoms with Gasteiger partial charge in [0.05, 0.1) is 5.92 Å². The van der Waals surface area contributed by atoms with Gasteiger partial charge in [-0.05, 0) is 31.0 Å². The summed E-state index contributed by atoms with van der Waals surface area (Å²) < 4.78 is 12.8. The minimum atomic E-state index is -0.262. The van der Waals surface area contributed by atoms with Crippen LogP contribution in [0.2, 0.25) is 0 Å². The van der Waals surface area contributed by atoms with Crippen molar-refractivity contribution in [3.8, 4) is 0 Å². The molecule has 0 spiro atoms. The summed E-state index contributed by atoms with van der Waals surface area (Å²) in [5, 5.41) is 6.19. The molecule has 102 valence electrons. The third-order valence-corrected chi connectivity index (χ3v) is 3.43. The van der Waals surface area contributed by atoms with Crippen molar-refractivity contribution in [2.75, 3.05) is 6.54 Å². The van der Waals surface area contributed by atoms with Crippen LogP contribution in [0.15, 0.2) is 36.4 Å². The van der Waals surface area contributed by atoms with Crippen molar-refractivity contribution >= 4 is 5.91 Å². The van der Waals surface area contributed by atoms with E-state index in [4.69, 9.17) is 0 Å². The first-order valence-electron chi connectivity index (χ1n) is 6.57. The van der Waals surface area contributed by atoms with Crippen LogP contribution in [0.5, 0.6) is 0 Å². The molecule has 2 atom stereocenters. The highest BCUT2D eigenvalue weighted by molar-refractivity contribution is 5.79. The van der Waals surface area contributed by atoms with Crippen LogP contribution >= 0.6 is 0 Å². The van der Waals surface area contributed by atoms with Crippen molar-refractivity contribution < 1.29 is 9.18 Å². The Morgan fingerprint density at radius 2 is 2.11 bits per heavy atom. The standard InChI is InChI=1S/C15H19FN2O/c1-11-14(4-2-3-9-17-11)15(19)18-10-12-5-7-13(16)8-6-12/h2-3,5-8,11,14,17H,4,9-10H2,1H3,(H,18,19)/t11-,14-/m0/s1. The second-order valence-electron chi connectivity index (χ2n) is 4.85. The van der Waals surface area contributed by atoms with Crippen LogP contribution in [0.25, 0.3) is 0 Å². The van der Waals surface area contributed by atoms with Gasteiger partial charge in [0.1, 0.15) is 5.82 Å². The molecule has 1 aromatic rings. The van der Waals surface area contributed by atoms with E-state index in [1.165, 1.54) is 12.1 Å². The van der Waals surface area contributed by atoms with Crippen LogP contribution in [0.4, 0.5) is 4.39 Å². The summed E-state index contributed by atoms with van der Waals surface area (Å²) in [7, 11) is 0. The van der Waals surface area contributed by atoms with Crippen LogP contribution in [-0.4, -0.2) is 18.5 Å². The Morgan fingerprint density at radius 1 is 1.37 bits per heavy atom. The first-order chi connectivity index (χ1) is 9.16. The van der Waals surface area contributed by atoms with E-state index in [9.17, 15) is 9.18 Å². The fourth-order valence-corrected chi connectivity index (χ4v) is 2.18. The molecule has 1 amide bonds. The average molecular weight is 262 g/mol. The molecule has 1 aliphatic heterocycles. The van der Waals surface area contributed by atoms with Gasteiger partial charge >= 0.3 is 0 Å². The van der Waals surface area contributed by atoms with E-state index in [0.29, 0.717) is 6.54 Å². The first-order valence-corrected chi connectivity index (χ1v) is 6.57. The van der Waals surface area contributed by atoms with Gasteiger partial charge in [0, 0.05) is 19.1 Å². The average Bonchev–Trinajstić information content (AvgIpc) is 2.62. The van der Waals surface area contributed by atoms with Crippen molar-refractivity contribution in [2.24, 2.45) is 5.92 Å². The van der Waals surface area contributed by atoms with Gasteiger partial charge in [-0.2, -0.15) is 0 Å². The lowest BCUT2D eigenvalue weighted by molar-refractivity contribution is -0.125. The van der Waals surface area contributed by atoms with Gasteiger partial charge in [-0.1, -0.05) is 24.3 Å². The molecule has 1 aliphatic rings. The maximum absolute atomic E-state index is 12.8. The highest BCUT2D eigenvalue weighted by atomic mass is 19.1. The fourth-order valence-electron chi connectivity index (χ4n) is 2.18. The molecule has 0 bridgehead atoms. The molecule has 19 heavy (non-hydrogen) atoms. The van der Waals surface area contributed by atoms with E-state index in [2.05, 4.69) is 10.6 Å². The Bertz CT molecular complexity index is 456. The zero-order valence-electron chi connectivity index (χ0n) is 11.0. The van der Waals surface area contributed by atoms with Gasteiger partial charge in [-0.25, -0.2) is 4.39 Å². The van der Waals surface area contributed by atoms with Gasteiger partial charge in [0.2, 0.25) is 5.91 Å². The van der Waals surface area contributed by atoms with E-state index >= 15 is 0 Å². The molecule has 2 rings (SSSR count). The van der Waals surface area contributed by atoms with Crippen LogP contribution < -0.4 is 10.6 Å². The van der Waals surface area contributed by atoms with E-state index in [1.807, 2.05) is 19.1 Å². The Kier molecular flexibility index (Phi) is 4.68. The molecule has 0 aromatic heterocycles. The number of hydrogen-bond donors (Lipinski definition) is 2. The molecule has 0 radical (unpaired) electrons. The highest BCUT2D eigenvalue weighted by Crippen LogP contribution is 2.13. The molecular weight excluding hydrogens is 243 g/mol. The number of allylic oxidation sites excluding steroid dienone is 1. The summed E-state index contributed by atoms with van der Waals surface area (Å²) in [5.41, 5.74) is 0.902. The van der Waals surface area contributed by atoms with Crippen molar-refractivity contribution in [3.05, 3.63) is 47.8 Å². The molecule has 3 nitrogen and oxygen atoms in total. The van der Waals surface area contributed by atoms with Crippen molar-refractivity contribution in [1.29, 1.82) is 0 Å². The Balaban J connectivity index is 1.89. The Morgan fingerprint density at radius 3 is 2.84 bits per heavy atom. The fraction of sp³-hybridized carbons (Fsp3) is 0.400. The van der Waals surface area contributed by atoms with Crippen LogP contribution in [0.3, 0.4) is 0 Å². The van der Waals surface area contributed by atoms with Gasteiger partial charge in [0.15, 0.2) is 0 Å². The SMILES string of the molecule is C[C@@H]1NCC=CC[C@@H]1C(=O)NCc1ccc(F)cc1. The molecule has 0 saturated carbocycles. The quantitative estimate of drug-likeness (QED) is 0.818. The summed E-state index contributed by atoms with van der Waals surface area (Å²) in [6.45, 7) is 3.27. The second-order valence-corrected chi connectivity index (χ2v) is 4.85. The van der Waals surface area contributed by atoms with Gasteiger partial charge in [0.25, 0.3) is 0 Å². The minimum Gasteiger partial charge on any atom is -0.352 e. The number of amides is 1. The predicted molar refractivity (Wildman–Crippen MR) is 73.0 cm³/mol. The topological polar surface area (TPSA) is 41.1 Å². The Hall–Kier alpha value is -1.68. The van der Waals surface area contributed by atoms with Crippen molar-refractivity contribution in [1.82, 2.24) is 10.6 Å². The van der Waals surface area contributed by atoms with E-state index in [-0.39, 0.29) is 23.7 Å². The van der Waals surface area contributed by atoms with Gasteiger partial charge in [-0.3, -0.25) is 4.79 Å². The van der Waals surface area contributed by atoms with E-state index < -0.39 is 0 Å². The maximum atomic E-state index is 12.8. The molecular formula is C15H19FN2O. The predicted octanol–water partition coefficient (Wildman–Crippen LogP) is 2.00. The highest BCUT2D eigenvalue weighted by Gasteiger charge is 2.24. The van der Waals surface area contributed by atoms with Crippen LogP contribution in [0, 0.1) is 11.7 Å². The lowest BCUT2D eigenvalue weighted by Crippen LogP contribution is -2.41. The number of hydrogen-bond acceptors (Lipinski definition) is 2. The number of carbonyl (C=O) groups excluding carboxylic acids is 1. The summed E-state index contributed by atoms with van der Waals surface area (Å²) in [4.78, 5) is 12.1. The third kappa shape index (κ3) is 3.89. The van der Waals surface area contributed by atoms with E-state index in [1.54, 1.807) is 12.1 Å². The monoisotopic (exact) mass is 262 g/mol. The lowest BCUT2D eigenvalue weighted by atomic mass is 9.97. The molecule has 1 aromatic carbocycles. The second kappa shape index (κ2) is 6.48. The van der Waals surface area contributed by atoms with Crippen molar-refractivity contribution in [3.63, 3.8) is 0 Å². The number of nitrogens with one attached hydrogen (secondary N) is 2. The maximum Gasteiger partial charge on any atom is 0.225 e. The summed E-state index contributed by atoms with van der Waals surface area (Å²) in [6, 6.07) is 6.33. The van der Waals surface area contributed by atoms with E-state index in [0.717, 1.165) is 18.5 Å². The van der Waals surface area contributed by atoms with Crippen LogP contribution in [-0.2, 0) is 11.3 Å². The number of carbonyl (C=O) groups is 1. The molecule has 1 heterocycles. The van der Waals surface area contributed by atoms with Gasteiger partial charge < -0.3 is 10.6 Å². The molecule has 0 unspecified atom stereocenters. The molecule has 0 aliphatic carbocycles. The first kappa shape index (κ1) is 13.7. The third-order valence-electron chi connectivity index (χ3n) is 3.43. The zero-order valence-corrected chi connectivity index (χ0v) is 11.0. The Labute approximate surface area is 112 Å². The number of benzene rings is 1. The minimum absolute atomic E-state index is 0.0378. The largest absolute Gasteiger partial charge is 0.352 e. The van der Waals surface area contributed by atoms with Crippen molar-refractivity contribution in [2.45, 2.75) is 25.9 Å². The molecule has 0 fully saturated rings. The molecule has 0 saturated heterocycles. The lowest BCUT2D eigenvalue weighted by Gasteiger charge is -2.21. The number of rotatable bonds is 3. The molecule has 2 N–H and O–H groups in total. The summed E-state index contributed by atoms with van der Waals surface area (Å²) >= 11 is 0. The summed E-state index contributed by atoms with van der Waals surface area (Å²) in [6.07, 6.45) is 4.84. The molecule has 4 heteroatoms. The smallest absolute Gasteiger partial charge is 0.225 e. The normalized spacial score (nSPS) is 22.8. The van der Waals surface area contributed by atoms with Crippen LogP contribution in [0.1, 0.15) is 18.9 Å². The summed E-state index contributed by atoms with van der Waals surface area (Å²) in [5.74, 6) is -0.281. The zero-order chi connectivity index (χ0) is 13.7. The number of halogens is 1.